The zero-order valence-electron chi connectivity index (χ0n) is 13.0. The zero-order chi connectivity index (χ0) is 15.6. The van der Waals surface area contributed by atoms with E-state index < -0.39 is 0 Å². The molecule has 2 N–H and O–H groups in total. The molecule has 0 bridgehead atoms. The van der Waals surface area contributed by atoms with Crippen LogP contribution in [0.5, 0.6) is 5.75 Å². The summed E-state index contributed by atoms with van der Waals surface area (Å²) < 4.78 is 8.49. The molecule has 2 aromatic rings. The normalized spacial score (nSPS) is 12.5. The number of aromatic nitrogens is 2. The number of aryl methyl sites for hydroxylation is 1. The molecule has 1 aromatic carbocycles. The summed E-state index contributed by atoms with van der Waals surface area (Å²) in [5.74, 6) is 0.875. The van der Waals surface area contributed by atoms with Crippen molar-refractivity contribution in [1.29, 1.82) is 0 Å². The van der Waals surface area contributed by atoms with Crippen molar-refractivity contribution in [3.05, 3.63) is 45.2 Å². The number of rotatable bonds is 5. The summed E-state index contributed by atoms with van der Waals surface area (Å²) in [6.45, 7) is 6.85. The van der Waals surface area contributed by atoms with Gasteiger partial charge < -0.3 is 10.5 Å². The van der Waals surface area contributed by atoms with Crippen molar-refractivity contribution in [2.24, 2.45) is 5.73 Å². The van der Waals surface area contributed by atoms with E-state index in [9.17, 15) is 0 Å². The van der Waals surface area contributed by atoms with E-state index >= 15 is 0 Å². The Morgan fingerprint density at radius 3 is 2.71 bits per heavy atom. The molecule has 1 atom stereocenters. The van der Waals surface area contributed by atoms with Crippen LogP contribution >= 0.6 is 15.9 Å². The van der Waals surface area contributed by atoms with Crippen molar-refractivity contribution in [2.75, 3.05) is 7.11 Å². The zero-order valence-corrected chi connectivity index (χ0v) is 14.6. The lowest BCUT2D eigenvalue weighted by atomic mass is 10.1. The third-order valence-electron chi connectivity index (χ3n) is 3.62. The van der Waals surface area contributed by atoms with Gasteiger partial charge in [-0.1, -0.05) is 15.9 Å². The molecule has 21 heavy (non-hydrogen) atoms. The molecule has 0 saturated carbocycles. The van der Waals surface area contributed by atoms with Gasteiger partial charge in [-0.25, -0.2) is 0 Å². The molecular weight excluding hydrogens is 330 g/mol. The van der Waals surface area contributed by atoms with Crippen LogP contribution < -0.4 is 10.5 Å². The number of nitrogens with two attached hydrogens (primary N) is 1. The van der Waals surface area contributed by atoms with Gasteiger partial charge in [-0.15, -0.1) is 0 Å². The van der Waals surface area contributed by atoms with Crippen molar-refractivity contribution < 1.29 is 4.74 Å². The van der Waals surface area contributed by atoms with Gasteiger partial charge in [0.1, 0.15) is 5.75 Å². The Morgan fingerprint density at radius 1 is 1.38 bits per heavy atom. The number of benzene rings is 1. The first kappa shape index (κ1) is 16.0. The molecule has 0 saturated heterocycles. The minimum absolute atomic E-state index is 0.139. The first-order valence-electron chi connectivity index (χ1n) is 7.03. The van der Waals surface area contributed by atoms with Crippen molar-refractivity contribution in [1.82, 2.24) is 9.78 Å². The smallest absolute Gasteiger partial charge is 0.124 e. The summed E-state index contributed by atoms with van der Waals surface area (Å²) in [6.07, 6.45) is 0.854. The number of ether oxygens (including phenoxy) is 1. The first-order valence-corrected chi connectivity index (χ1v) is 7.82. The number of methoxy groups -OCH3 is 1. The quantitative estimate of drug-likeness (QED) is 0.899. The largest absolute Gasteiger partial charge is 0.496 e. The van der Waals surface area contributed by atoms with Gasteiger partial charge >= 0.3 is 0 Å². The van der Waals surface area contributed by atoms with Gasteiger partial charge in [0, 0.05) is 21.8 Å². The summed E-state index contributed by atoms with van der Waals surface area (Å²) in [4.78, 5) is 0. The van der Waals surface area contributed by atoms with E-state index in [2.05, 4.69) is 34.0 Å². The SMILES string of the molecule is COc1ccc(Br)cc1Cn1nc(C)c(CC(C)N)c1C. The minimum Gasteiger partial charge on any atom is -0.496 e. The molecule has 0 aliphatic carbocycles. The van der Waals surface area contributed by atoms with Crippen molar-refractivity contribution in [3.8, 4) is 5.75 Å². The molecule has 0 spiro atoms. The van der Waals surface area contributed by atoms with E-state index in [-0.39, 0.29) is 6.04 Å². The molecule has 2 rings (SSSR count). The van der Waals surface area contributed by atoms with Gasteiger partial charge in [-0.05, 0) is 51.0 Å². The van der Waals surface area contributed by atoms with Gasteiger partial charge in [0.05, 0.1) is 19.3 Å². The Labute approximate surface area is 134 Å². The molecule has 1 aromatic heterocycles. The first-order chi connectivity index (χ1) is 9.92. The second kappa shape index (κ2) is 6.62. The maximum atomic E-state index is 5.93. The van der Waals surface area contributed by atoms with Gasteiger partial charge in [0.2, 0.25) is 0 Å². The maximum Gasteiger partial charge on any atom is 0.124 e. The summed E-state index contributed by atoms with van der Waals surface area (Å²) in [6, 6.07) is 6.15. The molecule has 114 valence electrons. The molecular formula is C16H22BrN3O. The Bertz CT molecular complexity index is 635. The lowest BCUT2D eigenvalue weighted by Crippen LogP contribution is -2.18. The third-order valence-corrected chi connectivity index (χ3v) is 4.11. The second-order valence-corrected chi connectivity index (χ2v) is 6.36. The van der Waals surface area contributed by atoms with E-state index in [0.717, 1.165) is 27.9 Å². The van der Waals surface area contributed by atoms with Crippen LogP contribution in [0.15, 0.2) is 22.7 Å². The third kappa shape index (κ3) is 3.66. The highest BCUT2D eigenvalue weighted by Gasteiger charge is 2.14. The van der Waals surface area contributed by atoms with Crippen LogP contribution in [-0.2, 0) is 13.0 Å². The van der Waals surface area contributed by atoms with E-state index in [1.54, 1.807) is 7.11 Å². The topological polar surface area (TPSA) is 53.1 Å². The van der Waals surface area contributed by atoms with Crippen LogP contribution in [0.2, 0.25) is 0 Å². The predicted octanol–water partition coefficient (Wildman–Crippen LogP) is 3.21. The average Bonchev–Trinajstić information content (AvgIpc) is 2.66. The van der Waals surface area contributed by atoms with Crippen molar-refractivity contribution >= 4 is 15.9 Å². The van der Waals surface area contributed by atoms with Crippen LogP contribution in [0.4, 0.5) is 0 Å². The highest BCUT2D eigenvalue weighted by Crippen LogP contribution is 2.25. The fourth-order valence-electron chi connectivity index (χ4n) is 2.54. The molecule has 0 aliphatic heterocycles. The van der Waals surface area contributed by atoms with Gasteiger partial charge in [0.15, 0.2) is 0 Å². The number of hydrogen-bond donors (Lipinski definition) is 1. The summed E-state index contributed by atoms with van der Waals surface area (Å²) in [5.41, 5.74) is 10.5. The number of hydrogen-bond acceptors (Lipinski definition) is 3. The maximum absolute atomic E-state index is 5.93. The van der Waals surface area contributed by atoms with Gasteiger partial charge in [0.25, 0.3) is 0 Å². The predicted molar refractivity (Wildman–Crippen MR) is 88.9 cm³/mol. The molecule has 0 aliphatic rings. The summed E-state index contributed by atoms with van der Waals surface area (Å²) >= 11 is 3.51. The van der Waals surface area contributed by atoms with Crippen LogP contribution in [0.1, 0.15) is 29.4 Å². The highest BCUT2D eigenvalue weighted by atomic mass is 79.9. The number of nitrogens with zero attached hydrogens (tertiary/aromatic N) is 2. The molecule has 0 amide bonds. The van der Waals surface area contributed by atoms with Crippen molar-refractivity contribution in [3.63, 3.8) is 0 Å². The van der Waals surface area contributed by atoms with Gasteiger partial charge in [-0.2, -0.15) is 5.10 Å². The fraction of sp³-hybridized carbons (Fsp3) is 0.438. The van der Waals surface area contributed by atoms with Crippen LogP contribution in [0, 0.1) is 13.8 Å². The Balaban J connectivity index is 2.34. The fourth-order valence-corrected chi connectivity index (χ4v) is 2.95. The lowest BCUT2D eigenvalue weighted by molar-refractivity contribution is 0.407. The van der Waals surface area contributed by atoms with Crippen molar-refractivity contribution in [2.45, 2.75) is 39.8 Å². The highest BCUT2D eigenvalue weighted by molar-refractivity contribution is 9.10. The Hall–Kier alpha value is -1.33. The van der Waals surface area contributed by atoms with E-state index in [0.29, 0.717) is 6.54 Å². The van der Waals surface area contributed by atoms with Crippen LogP contribution in [0.25, 0.3) is 0 Å². The molecule has 0 radical (unpaired) electrons. The lowest BCUT2D eigenvalue weighted by Gasteiger charge is -2.11. The van der Waals surface area contributed by atoms with Crippen LogP contribution in [-0.4, -0.2) is 22.9 Å². The summed E-state index contributed by atoms with van der Waals surface area (Å²) in [7, 11) is 1.69. The number of halogens is 1. The van der Waals surface area contributed by atoms with E-state index in [1.807, 2.05) is 30.7 Å². The summed E-state index contributed by atoms with van der Waals surface area (Å²) in [5, 5.41) is 4.65. The second-order valence-electron chi connectivity index (χ2n) is 5.44. The molecule has 4 nitrogen and oxygen atoms in total. The Kier molecular flexibility index (Phi) is 5.06. The Morgan fingerprint density at radius 2 is 2.10 bits per heavy atom. The molecule has 0 fully saturated rings. The van der Waals surface area contributed by atoms with E-state index in [4.69, 9.17) is 10.5 Å². The molecule has 5 heteroatoms. The standard InChI is InChI=1S/C16H22BrN3O/c1-10(18)7-15-11(2)19-20(12(15)3)9-13-8-14(17)5-6-16(13)21-4/h5-6,8,10H,7,9,18H2,1-4H3. The molecule has 1 heterocycles. The van der Waals surface area contributed by atoms with Gasteiger partial charge in [-0.3, -0.25) is 4.68 Å². The minimum atomic E-state index is 0.139. The van der Waals surface area contributed by atoms with Crippen LogP contribution in [0.3, 0.4) is 0 Å². The average molecular weight is 352 g/mol. The van der Waals surface area contributed by atoms with E-state index in [1.165, 1.54) is 11.3 Å². The molecule has 1 unspecified atom stereocenters. The monoisotopic (exact) mass is 351 g/mol.